The second-order valence-electron chi connectivity index (χ2n) is 8.23. The predicted molar refractivity (Wildman–Crippen MR) is 113 cm³/mol. The normalized spacial score (nSPS) is 19.2. The highest BCUT2D eigenvalue weighted by atomic mass is 19.1. The van der Waals surface area contributed by atoms with Crippen molar-refractivity contribution < 1.29 is 22.6 Å². The summed E-state index contributed by atoms with van der Waals surface area (Å²) in [5.41, 5.74) is 1.13. The van der Waals surface area contributed by atoms with Crippen LogP contribution in [0, 0.1) is 30.3 Å². The first-order valence-corrected chi connectivity index (χ1v) is 11.0. The molecule has 0 aliphatic carbocycles. The van der Waals surface area contributed by atoms with Crippen LogP contribution in [0.15, 0.2) is 30.3 Å². The van der Waals surface area contributed by atoms with Crippen molar-refractivity contribution >= 4 is 0 Å². The van der Waals surface area contributed by atoms with Gasteiger partial charge in [0.1, 0.15) is 17.5 Å². The molecule has 0 aromatic heterocycles. The Balaban J connectivity index is 1.50. The summed E-state index contributed by atoms with van der Waals surface area (Å²) in [5.74, 6) is -1.38. The zero-order chi connectivity index (χ0) is 21.5. The van der Waals surface area contributed by atoms with E-state index in [0.717, 1.165) is 12.0 Å². The molecule has 30 heavy (non-hydrogen) atoms. The summed E-state index contributed by atoms with van der Waals surface area (Å²) in [4.78, 5) is 0. The second kappa shape index (κ2) is 11.0. The van der Waals surface area contributed by atoms with Crippen molar-refractivity contribution in [2.75, 3.05) is 13.2 Å². The minimum atomic E-state index is -0.677. The van der Waals surface area contributed by atoms with Gasteiger partial charge in [0.2, 0.25) is 0 Å². The molecule has 164 valence electrons. The Morgan fingerprint density at radius 1 is 0.867 bits per heavy atom. The lowest BCUT2D eigenvalue weighted by molar-refractivity contribution is -0.203. The van der Waals surface area contributed by atoms with Crippen LogP contribution in [0.4, 0.5) is 13.2 Å². The summed E-state index contributed by atoms with van der Waals surface area (Å²) in [6, 6.07) is 7.11. The molecular weight excluding hydrogens is 389 g/mol. The van der Waals surface area contributed by atoms with Crippen LogP contribution in [0.25, 0.3) is 11.1 Å². The number of benzene rings is 2. The van der Waals surface area contributed by atoms with Crippen LogP contribution in [0.2, 0.25) is 0 Å². The van der Waals surface area contributed by atoms with Crippen LogP contribution in [-0.2, 0) is 15.9 Å². The molecule has 2 aromatic rings. The summed E-state index contributed by atoms with van der Waals surface area (Å²) >= 11 is 0. The molecule has 0 saturated carbocycles. The molecule has 2 aromatic carbocycles. The number of unbranched alkanes of at least 4 members (excludes halogenated alkanes) is 3. The summed E-state index contributed by atoms with van der Waals surface area (Å²) < 4.78 is 53.9. The third-order valence-corrected chi connectivity index (χ3v) is 5.80. The van der Waals surface area contributed by atoms with Crippen molar-refractivity contribution in [2.45, 2.75) is 65.1 Å². The van der Waals surface area contributed by atoms with Crippen LogP contribution in [0.3, 0.4) is 0 Å². The Morgan fingerprint density at radius 2 is 1.57 bits per heavy atom. The van der Waals surface area contributed by atoms with E-state index < -0.39 is 17.5 Å². The van der Waals surface area contributed by atoms with E-state index in [1.807, 2.05) is 0 Å². The molecule has 0 N–H and O–H groups in total. The molecule has 1 fully saturated rings. The van der Waals surface area contributed by atoms with Crippen LogP contribution in [-0.4, -0.2) is 19.5 Å². The Labute approximate surface area is 177 Å². The van der Waals surface area contributed by atoms with E-state index in [9.17, 15) is 13.2 Å². The summed E-state index contributed by atoms with van der Waals surface area (Å²) in [6.45, 7) is 5.00. The summed E-state index contributed by atoms with van der Waals surface area (Å²) in [6.07, 6.45) is 7.13. The average molecular weight is 421 g/mol. The van der Waals surface area contributed by atoms with Crippen molar-refractivity contribution in [1.82, 2.24) is 0 Å². The zero-order valence-electron chi connectivity index (χ0n) is 17.9. The zero-order valence-corrected chi connectivity index (χ0v) is 17.9. The SMILES string of the molecule is CCCCCCC1COC(CCc2ccc(-c3cc(F)c(C)c(F)c3)c(F)c2)OC1. The standard InChI is InChI=1S/C25H31F3O2/c1-3-4-5-6-7-19-15-29-25(30-16-19)11-9-18-8-10-21(24(28)12-18)20-13-22(26)17(2)23(27)14-20/h8,10,12-14,19,25H,3-7,9,11,15-16H2,1-2H3. The van der Waals surface area contributed by atoms with Crippen molar-refractivity contribution in [3.05, 3.63) is 58.9 Å². The van der Waals surface area contributed by atoms with Crippen LogP contribution >= 0.6 is 0 Å². The number of ether oxygens (including phenoxy) is 2. The van der Waals surface area contributed by atoms with Crippen LogP contribution < -0.4 is 0 Å². The van der Waals surface area contributed by atoms with E-state index in [0.29, 0.717) is 32.0 Å². The van der Waals surface area contributed by atoms with Gasteiger partial charge in [0.15, 0.2) is 6.29 Å². The highest BCUT2D eigenvalue weighted by Crippen LogP contribution is 2.28. The van der Waals surface area contributed by atoms with Gasteiger partial charge >= 0.3 is 0 Å². The number of hydrogen-bond acceptors (Lipinski definition) is 2. The minimum absolute atomic E-state index is 0.0635. The largest absolute Gasteiger partial charge is 0.352 e. The van der Waals surface area contributed by atoms with Crippen molar-refractivity contribution in [2.24, 2.45) is 5.92 Å². The Hall–Kier alpha value is -1.85. The van der Waals surface area contributed by atoms with Crippen molar-refractivity contribution in [3.8, 4) is 11.1 Å². The quantitative estimate of drug-likeness (QED) is 0.408. The Kier molecular flexibility index (Phi) is 8.34. The topological polar surface area (TPSA) is 18.5 Å². The molecule has 0 radical (unpaired) electrons. The van der Waals surface area contributed by atoms with E-state index in [4.69, 9.17) is 9.47 Å². The first-order valence-electron chi connectivity index (χ1n) is 11.0. The monoisotopic (exact) mass is 420 g/mol. The van der Waals surface area contributed by atoms with Gasteiger partial charge in [-0.3, -0.25) is 0 Å². The van der Waals surface area contributed by atoms with Gasteiger partial charge in [-0.15, -0.1) is 0 Å². The van der Waals surface area contributed by atoms with E-state index in [1.165, 1.54) is 50.8 Å². The maximum Gasteiger partial charge on any atom is 0.157 e. The van der Waals surface area contributed by atoms with Gasteiger partial charge in [-0.2, -0.15) is 0 Å². The Bertz CT molecular complexity index is 806. The number of hydrogen-bond donors (Lipinski definition) is 0. The van der Waals surface area contributed by atoms with Gasteiger partial charge in [0.25, 0.3) is 0 Å². The fourth-order valence-electron chi connectivity index (χ4n) is 3.81. The molecule has 1 aliphatic heterocycles. The number of aryl methyl sites for hydroxylation is 1. The lowest BCUT2D eigenvalue weighted by Crippen LogP contribution is -2.32. The average Bonchev–Trinajstić information content (AvgIpc) is 2.74. The number of rotatable bonds is 9. The molecule has 0 spiro atoms. The second-order valence-corrected chi connectivity index (χ2v) is 8.23. The molecule has 0 unspecified atom stereocenters. The highest BCUT2D eigenvalue weighted by molar-refractivity contribution is 5.65. The number of halogens is 3. The van der Waals surface area contributed by atoms with E-state index in [2.05, 4.69) is 6.92 Å². The molecule has 1 saturated heterocycles. The lowest BCUT2D eigenvalue weighted by atomic mass is 9.99. The molecule has 3 rings (SSSR count). The molecular formula is C25H31F3O2. The maximum atomic E-state index is 14.6. The van der Waals surface area contributed by atoms with E-state index in [1.54, 1.807) is 12.1 Å². The van der Waals surface area contributed by atoms with E-state index >= 15 is 0 Å². The Morgan fingerprint density at radius 3 is 2.20 bits per heavy atom. The first-order chi connectivity index (χ1) is 14.5. The van der Waals surface area contributed by atoms with Gasteiger partial charge in [0, 0.05) is 23.5 Å². The fraction of sp³-hybridized carbons (Fsp3) is 0.520. The first kappa shape index (κ1) is 22.8. The molecule has 0 amide bonds. The molecule has 1 heterocycles. The summed E-state index contributed by atoms with van der Waals surface area (Å²) in [7, 11) is 0. The van der Waals surface area contributed by atoms with Crippen molar-refractivity contribution in [3.63, 3.8) is 0 Å². The third kappa shape index (κ3) is 6.08. The lowest BCUT2D eigenvalue weighted by Gasteiger charge is -2.29. The van der Waals surface area contributed by atoms with Gasteiger partial charge in [-0.05, 0) is 49.1 Å². The fourth-order valence-corrected chi connectivity index (χ4v) is 3.81. The van der Waals surface area contributed by atoms with Gasteiger partial charge < -0.3 is 9.47 Å². The van der Waals surface area contributed by atoms with Gasteiger partial charge in [-0.1, -0.05) is 44.7 Å². The van der Waals surface area contributed by atoms with Gasteiger partial charge in [0.05, 0.1) is 13.2 Å². The maximum absolute atomic E-state index is 14.6. The third-order valence-electron chi connectivity index (χ3n) is 5.80. The van der Waals surface area contributed by atoms with Crippen LogP contribution in [0.1, 0.15) is 56.6 Å². The molecule has 1 aliphatic rings. The molecule has 2 nitrogen and oxygen atoms in total. The van der Waals surface area contributed by atoms with Crippen LogP contribution in [0.5, 0.6) is 0 Å². The van der Waals surface area contributed by atoms with Gasteiger partial charge in [-0.25, -0.2) is 13.2 Å². The molecule has 5 heteroatoms. The minimum Gasteiger partial charge on any atom is -0.352 e. The highest BCUT2D eigenvalue weighted by Gasteiger charge is 2.22. The van der Waals surface area contributed by atoms with Crippen molar-refractivity contribution in [1.29, 1.82) is 0 Å². The van der Waals surface area contributed by atoms with E-state index in [-0.39, 0.29) is 23.0 Å². The molecule has 0 bridgehead atoms. The smallest absolute Gasteiger partial charge is 0.157 e. The summed E-state index contributed by atoms with van der Waals surface area (Å²) in [5, 5.41) is 0. The molecule has 0 atom stereocenters. The predicted octanol–water partition coefficient (Wildman–Crippen LogP) is 6.97.